The van der Waals surface area contributed by atoms with E-state index in [9.17, 15) is 9.59 Å². The highest BCUT2D eigenvalue weighted by atomic mass is 35.5. The Morgan fingerprint density at radius 3 is 2.65 bits per heavy atom. The summed E-state index contributed by atoms with van der Waals surface area (Å²) in [7, 11) is 0. The van der Waals surface area contributed by atoms with Crippen molar-refractivity contribution in [1.82, 2.24) is 4.98 Å². The number of pyridine rings is 1. The highest BCUT2D eigenvalue weighted by Crippen LogP contribution is 2.19. The van der Waals surface area contributed by atoms with E-state index >= 15 is 0 Å². The summed E-state index contributed by atoms with van der Waals surface area (Å²) in [5.74, 6) is -1.05. The van der Waals surface area contributed by atoms with Crippen LogP contribution in [0.25, 0.3) is 0 Å². The number of aromatic nitrogens is 1. The van der Waals surface area contributed by atoms with E-state index in [1.807, 2.05) is 12.1 Å². The SMILES string of the molecule is CCCCNc1ccccc1C(=O)O[C@H](C)C(=O)Nc1cccnc1Cl. The van der Waals surface area contributed by atoms with Gasteiger partial charge in [0.1, 0.15) is 0 Å². The van der Waals surface area contributed by atoms with Crippen LogP contribution in [0.5, 0.6) is 0 Å². The van der Waals surface area contributed by atoms with E-state index < -0.39 is 18.0 Å². The average molecular weight is 376 g/mol. The van der Waals surface area contributed by atoms with E-state index in [2.05, 4.69) is 22.5 Å². The molecule has 0 bridgehead atoms. The summed E-state index contributed by atoms with van der Waals surface area (Å²) in [6, 6.07) is 10.3. The molecule has 1 aromatic carbocycles. The number of carbonyl (C=O) groups is 2. The molecule has 0 spiro atoms. The molecule has 0 aliphatic carbocycles. The lowest BCUT2D eigenvalue weighted by Crippen LogP contribution is -2.30. The van der Waals surface area contributed by atoms with Gasteiger partial charge in [-0.1, -0.05) is 37.1 Å². The van der Waals surface area contributed by atoms with Crippen molar-refractivity contribution in [2.24, 2.45) is 0 Å². The van der Waals surface area contributed by atoms with E-state index in [0.29, 0.717) is 16.9 Å². The Balaban J connectivity index is 2.00. The highest BCUT2D eigenvalue weighted by Gasteiger charge is 2.21. The third kappa shape index (κ3) is 5.46. The van der Waals surface area contributed by atoms with Crippen LogP contribution >= 0.6 is 11.6 Å². The van der Waals surface area contributed by atoms with Gasteiger partial charge >= 0.3 is 5.97 Å². The van der Waals surface area contributed by atoms with Crippen molar-refractivity contribution < 1.29 is 14.3 Å². The minimum atomic E-state index is -0.984. The number of benzene rings is 1. The number of hydrogen-bond acceptors (Lipinski definition) is 5. The topological polar surface area (TPSA) is 80.3 Å². The standard InChI is InChI=1S/C19H22ClN3O3/c1-3-4-11-21-15-9-6-5-8-14(15)19(25)26-13(2)18(24)23-16-10-7-12-22-17(16)20/h5-10,12-13,21H,3-4,11H2,1-2H3,(H,23,24)/t13-/m1/s1. The zero-order valence-electron chi connectivity index (χ0n) is 14.8. The summed E-state index contributed by atoms with van der Waals surface area (Å²) in [6.07, 6.45) is 2.58. The zero-order chi connectivity index (χ0) is 18.9. The molecule has 2 aromatic rings. The number of para-hydroxylation sites is 1. The number of unbranched alkanes of at least 4 members (excludes halogenated alkanes) is 1. The van der Waals surface area contributed by atoms with Crippen LogP contribution in [0.15, 0.2) is 42.6 Å². The molecule has 1 amide bonds. The van der Waals surface area contributed by atoms with Crippen molar-refractivity contribution in [2.75, 3.05) is 17.2 Å². The number of rotatable bonds is 8. The molecule has 6 nitrogen and oxygen atoms in total. The van der Waals surface area contributed by atoms with Crippen molar-refractivity contribution in [1.29, 1.82) is 0 Å². The molecule has 0 aliphatic heterocycles. The third-order valence-corrected chi connectivity index (χ3v) is 3.96. The molecule has 7 heteroatoms. The number of amides is 1. The Morgan fingerprint density at radius 2 is 1.92 bits per heavy atom. The van der Waals surface area contributed by atoms with Crippen molar-refractivity contribution >= 4 is 34.9 Å². The lowest BCUT2D eigenvalue weighted by Gasteiger charge is -2.16. The van der Waals surface area contributed by atoms with Crippen molar-refractivity contribution in [3.8, 4) is 0 Å². The van der Waals surface area contributed by atoms with Crippen LogP contribution in [0.2, 0.25) is 5.15 Å². The largest absolute Gasteiger partial charge is 0.449 e. The number of ether oxygens (including phenoxy) is 1. The van der Waals surface area contributed by atoms with Crippen molar-refractivity contribution in [3.05, 3.63) is 53.3 Å². The first-order chi connectivity index (χ1) is 12.5. The lowest BCUT2D eigenvalue weighted by molar-refractivity contribution is -0.123. The minimum absolute atomic E-state index is 0.171. The quantitative estimate of drug-likeness (QED) is 0.412. The first-order valence-corrected chi connectivity index (χ1v) is 8.86. The van der Waals surface area contributed by atoms with Crippen LogP contribution in [-0.2, 0) is 9.53 Å². The molecule has 2 N–H and O–H groups in total. The second-order valence-electron chi connectivity index (χ2n) is 5.70. The maximum Gasteiger partial charge on any atom is 0.341 e. The number of nitrogens with one attached hydrogen (secondary N) is 2. The van der Waals surface area contributed by atoms with E-state index in [0.717, 1.165) is 19.4 Å². The Morgan fingerprint density at radius 1 is 1.19 bits per heavy atom. The summed E-state index contributed by atoms with van der Waals surface area (Å²) in [4.78, 5) is 28.6. The van der Waals surface area contributed by atoms with E-state index in [1.54, 1.807) is 24.3 Å². The number of anilines is 2. The Bertz CT molecular complexity index is 767. The molecule has 1 atom stereocenters. The molecule has 0 unspecified atom stereocenters. The van der Waals surface area contributed by atoms with Gasteiger partial charge in [-0.3, -0.25) is 4.79 Å². The van der Waals surface area contributed by atoms with E-state index in [1.165, 1.54) is 13.1 Å². The normalized spacial score (nSPS) is 11.5. The predicted octanol–water partition coefficient (Wildman–Crippen LogP) is 4.13. The van der Waals surface area contributed by atoms with Crippen LogP contribution < -0.4 is 10.6 Å². The molecule has 138 valence electrons. The average Bonchev–Trinajstić information content (AvgIpc) is 2.64. The molecular weight excluding hydrogens is 354 g/mol. The predicted molar refractivity (Wildman–Crippen MR) is 103 cm³/mol. The van der Waals surface area contributed by atoms with Gasteiger partial charge in [0.2, 0.25) is 0 Å². The van der Waals surface area contributed by atoms with E-state index in [4.69, 9.17) is 16.3 Å². The van der Waals surface area contributed by atoms with Crippen LogP contribution in [-0.4, -0.2) is 29.5 Å². The summed E-state index contributed by atoms with van der Waals surface area (Å²) < 4.78 is 5.30. The fourth-order valence-electron chi connectivity index (χ4n) is 2.21. The van der Waals surface area contributed by atoms with Gasteiger partial charge < -0.3 is 15.4 Å². The number of hydrogen-bond donors (Lipinski definition) is 2. The molecule has 0 fully saturated rings. The van der Waals surface area contributed by atoms with Gasteiger partial charge in [0.15, 0.2) is 11.3 Å². The molecule has 0 saturated carbocycles. The van der Waals surface area contributed by atoms with Gasteiger partial charge in [0.05, 0.1) is 11.3 Å². The van der Waals surface area contributed by atoms with Gasteiger partial charge in [-0.15, -0.1) is 0 Å². The Hall–Kier alpha value is -2.60. The maximum atomic E-state index is 12.5. The summed E-state index contributed by atoms with van der Waals surface area (Å²) >= 11 is 5.91. The van der Waals surface area contributed by atoms with Crippen LogP contribution in [0, 0.1) is 0 Å². The highest BCUT2D eigenvalue weighted by molar-refractivity contribution is 6.32. The van der Waals surface area contributed by atoms with Crippen molar-refractivity contribution in [2.45, 2.75) is 32.8 Å². The Labute approximate surface area is 157 Å². The molecular formula is C19H22ClN3O3. The monoisotopic (exact) mass is 375 g/mol. The van der Waals surface area contributed by atoms with Crippen LogP contribution in [0.4, 0.5) is 11.4 Å². The fourth-order valence-corrected chi connectivity index (χ4v) is 2.37. The fraction of sp³-hybridized carbons (Fsp3) is 0.316. The molecule has 2 rings (SSSR count). The van der Waals surface area contributed by atoms with Crippen LogP contribution in [0.3, 0.4) is 0 Å². The van der Waals surface area contributed by atoms with Gasteiger partial charge in [-0.05, 0) is 37.6 Å². The molecule has 0 radical (unpaired) electrons. The van der Waals surface area contributed by atoms with Crippen LogP contribution in [0.1, 0.15) is 37.0 Å². The van der Waals surface area contributed by atoms with Gasteiger partial charge in [0, 0.05) is 18.4 Å². The smallest absolute Gasteiger partial charge is 0.341 e. The summed E-state index contributed by atoms with van der Waals surface area (Å²) in [6.45, 7) is 4.36. The summed E-state index contributed by atoms with van der Waals surface area (Å²) in [5, 5.41) is 5.99. The summed E-state index contributed by atoms with van der Waals surface area (Å²) in [5.41, 5.74) is 1.44. The first-order valence-electron chi connectivity index (χ1n) is 8.48. The minimum Gasteiger partial charge on any atom is -0.449 e. The molecule has 0 saturated heterocycles. The van der Waals surface area contributed by atoms with Gasteiger partial charge in [0.25, 0.3) is 5.91 Å². The number of carbonyl (C=O) groups excluding carboxylic acids is 2. The second-order valence-corrected chi connectivity index (χ2v) is 6.06. The van der Waals surface area contributed by atoms with Crippen molar-refractivity contribution in [3.63, 3.8) is 0 Å². The number of esters is 1. The first kappa shape index (κ1) is 19.7. The van der Waals surface area contributed by atoms with E-state index in [-0.39, 0.29) is 5.15 Å². The number of halogens is 1. The maximum absolute atomic E-state index is 12.5. The third-order valence-electron chi connectivity index (χ3n) is 3.66. The lowest BCUT2D eigenvalue weighted by atomic mass is 10.1. The molecule has 26 heavy (non-hydrogen) atoms. The zero-order valence-corrected chi connectivity index (χ0v) is 15.5. The Kier molecular flexibility index (Phi) is 7.41. The second kappa shape index (κ2) is 9.77. The van der Waals surface area contributed by atoms with Gasteiger partial charge in [-0.25, -0.2) is 9.78 Å². The number of nitrogens with zero attached hydrogens (tertiary/aromatic N) is 1. The molecule has 0 aliphatic rings. The molecule has 1 heterocycles. The van der Waals surface area contributed by atoms with Gasteiger partial charge in [-0.2, -0.15) is 0 Å². The molecule has 1 aromatic heterocycles.